The molecule has 2 aromatic heterocycles. The van der Waals surface area contributed by atoms with Crippen molar-refractivity contribution in [2.24, 2.45) is 7.05 Å². The molecule has 49 heavy (non-hydrogen) atoms. The summed E-state index contributed by atoms with van der Waals surface area (Å²) in [6, 6.07) is 22.8. The summed E-state index contributed by atoms with van der Waals surface area (Å²) < 4.78 is 51.8. The van der Waals surface area contributed by atoms with Gasteiger partial charge in [0.15, 0.2) is 0 Å². The van der Waals surface area contributed by atoms with Gasteiger partial charge in [0.25, 0.3) is 11.8 Å². The molecular formula is C37H36F3N5O4. The molecule has 0 spiro atoms. The van der Waals surface area contributed by atoms with Crippen LogP contribution in [0.25, 0.3) is 10.9 Å². The van der Waals surface area contributed by atoms with Gasteiger partial charge in [-0.3, -0.25) is 14.5 Å². The third-order valence-corrected chi connectivity index (χ3v) is 8.87. The number of aryl methyl sites for hydroxylation is 1. The number of nitrogens with zero attached hydrogens (tertiary/aromatic N) is 5. The van der Waals surface area contributed by atoms with Crippen molar-refractivity contribution in [1.82, 2.24) is 19.4 Å². The Bertz CT molecular complexity index is 1960. The maximum atomic E-state index is 13.8. The Morgan fingerprint density at radius 1 is 0.939 bits per heavy atom. The zero-order chi connectivity index (χ0) is 34.9. The second kappa shape index (κ2) is 13.6. The quantitative estimate of drug-likeness (QED) is 0.177. The molecular weight excluding hydrogens is 635 g/mol. The number of carbonyl (C=O) groups is 2. The molecule has 0 radical (unpaired) electrons. The van der Waals surface area contributed by atoms with E-state index in [4.69, 9.17) is 9.47 Å². The number of halogens is 3. The van der Waals surface area contributed by atoms with Gasteiger partial charge in [-0.15, -0.1) is 0 Å². The number of ether oxygens (including phenoxy) is 2. The third-order valence-electron chi connectivity index (χ3n) is 8.87. The van der Waals surface area contributed by atoms with E-state index in [1.54, 1.807) is 25.3 Å². The number of anilines is 1. The minimum atomic E-state index is -4.48. The SMILES string of the molecule is COc1ccc(CN2CCN(C(=O)c3cc4cc(Oc5ccc(N(C)C(=O)c6ccc(C(F)(F)F)cc6)cn5)ccc4n3C)[C@H](C)C2)cc1. The Labute approximate surface area is 282 Å². The van der Waals surface area contributed by atoms with Crippen molar-refractivity contribution in [3.05, 3.63) is 114 Å². The highest BCUT2D eigenvalue weighted by Gasteiger charge is 2.31. The highest BCUT2D eigenvalue weighted by atomic mass is 19.4. The number of piperazine rings is 1. The first kappa shape index (κ1) is 33.5. The molecule has 1 aliphatic heterocycles. The van der Waals surface area contributed by atoms with E-state index in [2.05, 4.69) is 28.9 Å². The lowest BCUT2D eigenvalue weighted by Gasteiger charge is -2.40. The molecule has 2 amide bonds. The summed E-state index contributed by atoms with van der Waals surface area (Å²) >= 11 is 0. The van der Waals surface area contributed by atoms with Crippen LogP contribution in [-0.4, -0.2) is 71.0 Å². The van der Waals surface area contributed by atoms with Gasteiger partial charge in [0.05, 0.1) is 24.6 Å². The van der Waals surface area contributed by atoms with Crippen molar-refractivity contribution in [3.63, 3.8) is 0 Å². The van der Waals surface area contributed by atoms with Crippen LogP contribution >= 0.6 is 0 Å². The fraction of sp³-hybridized carbons (Fsp3) is 0.270. The van der Waals surface area contributed by atoms with Crippen molar-refractivity contribution >= 4 is 28.4 Å². The predicted octanol–water partition coefficient (Wildman–Crippen LogP) is 7.02. The molecule has 1 aliphatic rings. The van der Waals surface area contributed by atoms with Crippen LogP contribution in [0.1, 0.15) is 38.9 Å². The average molecular weight is 672 g/mol. The van der Waals surface area contributed by atoms with Gasteiger partial charge in [-0.1, -0.05) is 12.1 Å². The first-order valence-electron chi connectivity index (χ1n) is 15.8. The number of hydrogen-bond donors (Lipinski definition) is 0. The second-order valence-electron chi connectivity index (χ2n) is 12.1. The number of rotatable bonds is 8. The Morgan fingerprint density at radius 2 is 1.65 bits per heavy atom. The van der Waals surface area contributed by atoms with Crippen molar-refractivity contribution in [3.8, 4) is 17.4 Å². The monoisotopic (exact) mass is 671 g/mol. The smallest absolute Gasteiger partial charge is 0.416 e. The molecule has 0 saturated carbocycles. The van der Waals surface area contributed by atoms with Crippen LogP contribution in [0.4, 0.5) is 18.9 Å². The van der Waals surface area contributed by atoms with E-state index in [0.29, 0.717) is 23.7 Å². The van der Waals surface area contributed by atoms with Crippen molar-refractivity contribution in [1.29, 1.82) is 0 Å². The summed E-state index contributed by atoms with van der Waals surface area (Å²) in [4.78, 5) is 36.5. The zero-order valence-corrected chi connectivity index (χ0v) is 27.6. The first-order chi connectivity index (χ1) is 23.4. The van der Waals surface area contributed by atoms with E-state index in [-0.39, 0.29) is 23.4 Å². The molecule has 1 saturated heterocycles. The molecule has 254 valence electrons. The van der Waals surface area contributed by atoms with Crippen molar-refractivity contribution < 1.29 is 32.2 Å². The van der Waals surface area contributed by atoms with Gasteiger partial charge in [-0.25, -0.2) is 4.98 Å². The average Bonchev–Trinajstić information content (AvgIpc) is 3.43. The van der Waals surface area contributed by atoms with E-state index in [1.165, 1.54) is 23.7 Å². The molecule has 0 bridgehead atoms. The largest absolute Gasteiger partial charge is 0.497 e. The number of methoxy groups -OCH3 is 1. The highest BCUT2D eigenvalue weighted by Crippen LogP contribution is 2.31. The third kappa shape index (κ3) is 7.24. The van der Waals surface area contributed by atoms with Gasteiger partial charge in [0, 0.05) is 68.8 Å². The number of hydrogen-bond acceptors (Lipinski definition) is 6. The highest BCUT2D eigenvalue weighted by molar-refractivity contribution is 6.05. The fourth-order valence-electron chi connectivity index (χ4n) is 6.08. The molecule has 3 heterocycles. The van der Waals surface area contributed by atoms with E-state index in [0.717, 1.165) is 60.6 Å². The predicted molar refractivity (Wildman–Crippen MR) is 180 cm³/mol. The Morgan fingerprint density at radius 3 is 2.29 bits per heavy atom. The molecule has 6 rings (SSSR count). The van der Waals surface area contributed by atoms with Crippen molar-refractivity contribution in [2.75, 3.05) is 38.7 Å². The first-order valence-corrected chi connectivity index (χ1v) is 15.8. The van der Waals surface area contributed by atoms with Crippen molar-refractivity contribution in [2.45, 2.75) is 25.7 Å². The van der Waals surface area contributed by atoms with E-state index in [9.17, 15) is 22.8 Å². The molecule has 5 aromatic rings. The van der Waals surface area contributed by atoms with E-state index < -0.39 is 17.6 Å². The summed E-state index contributed by atoms with van der Waals surface area (Å²) in [5, 5.41) is 0.840. The molecule has 9 nitrogen and oxygen atoms in total. The van der Waals surface area contributed by atoms with Crippen LogP contribution in [0.15, 0.2) is 91.1 Å². The fourth-order valence-corrected chi connectivity index (χ4v) is 6.08. The van der Waals surface area contributed by atoms with Gasteiger partial charge in [0.1, 0.15) is 17.2 Å². The molecule has 0 unspecified atom stereocenters. The van der Waals surface area contributed by atoms with E-state index >= 15 is 0 Å². The number of amides is 2. The Kier molecular flexibility index (Phi) is 9.33. The number of alkyl halides is 3. The van der Waals surface area contributed by atoms with Gasteiger partial charge in [0.2, 0.25) is 5.88 Å². The number of benzene rings is 3. The van der Waals surface area contributed by atoms with Crippen LogP contribution in [-0.2, 0) is 19.8 Å². The van der Waals surface area contributed by atoms with E-state index in [1.807, 2.05) is 46.8 Å². The molecule has 0 N–H and O–H groups in total. The number of pyridine rings is 1. The lowest BCUT2D eigenvalue weighted by atomic mass is 10.1. The van der Waals surface area contributed by atoms with Crippen LogP contribution in [0.3, 0.4) is 0 Å². The lowest BCUT2D eigenvalue weighted by Crippen LogP contribution is -2.53. The standard InChI is InChI=1S/C37H36F3N5O4/c1-24-22-44(23-25-5-12-30(48-4)13-6-25)17-18-45(24)36(47)33-20-27-19-31(14-15-32(27)43(33)3)49-34-16-11-29(21-41-34)42(2)35(46)26-7-9-28(10-8-26)37(38,39)40/h5-16,19-21,24H,17-18,22-23H2,1-4H3/t24-/m1/s1. The van der Waals surface area contributed by atoms with Crippen LogP contribution in [0.2, 0.25) is 0 Å². The van der Waals surface area contributed by atoms with Gasteiger partial charge < -0.3 is 23.8 Å². The maximum Gasteiger partial charge on any atom is 0.416 e. The van der Waals surface area contributed by atoms with Gasteiger partial charge in [-0.2, -0.15) is 13.2 Å². The molecule has 0 aliphatic carbocycles. The molecule has 1 fully saturated rings. The topological polar surface area (TPSA) is 80.1 Å². The Hall–Kier alpha value is -5.36. The van der Waals surface area contributed by atoms with Crippen LogP contribution < -0.4 is 14.4 Å². The van der Waals surface area contributed by atoms with Gasteiger partial charge in [-0.05, 0) is 79.2 Å². The van der Waals surface area contributed by atoms with Gasteiger partial charge >= 0.3 is 6.18 Å². The summed E-state index contributed by atoms with van der Waals surface area (Å²) in [6.07, 6.45) is -3.03. The minimum Gasteiger partial charge on any atom is -0.497 e. The summed E-state index contributed by atoms with van der Waals surface area (Å²) in [7, 11) is 5.05. The number of aromatic nitrogens is 2. The lowest BCUT2D eigenvalue weighted by molar-refractivity contribution is -0.137. The van der Waals surface area contributed by atoms with Crippen LogP contribution in [0, 0.1) is 0 Å². The zero-order valence-electron chi connectivity index (χ0n) is 27.6. The van der Waals surface area contributed by atoms with Crippen LogP contribution in [0.5, 0.6) is 17.4 Å². The summed E-state index contributed by atoms with van der Waals surface area (Å²) in [5.74, 6) is 1.13. The molecule has 1 atom stereocenters. The molecule has 12 heteroatoms. The minimum absolute atomic E-state index is 0.0232. The normalized spacial score (nSPS) is 15.3. The number of carbonyl (C=O) groups excluding carboxylic acids is 2. The Balaban J connectivity index is 1.09. The second-order valence-corrected chi connectivity index (χ2v) is 12.1. The summed E-state index contributed by atoms with van der Waals surface area (Å²) in [5.41, 5.74) is 2.40. The number of fused-ring (bicyclic) bond motifs is 1. The molecule has 3 aromatic carbocycles. The summed E-state index contributed by atoms with van der Waals surface area (Å²) in [6.45, 7) is 5.05. The maximum absolute atomic E-state index is 13.8.